The molecule has 1 aromatic carbocycles. The molecule has 0 saturated heterocycles. The van der Waals surface area contributed by atoms with E-state index in [1.54, 1.807) is 19.1 Å². The average Bonchev–Trinajstić information content (AvgIpc) is 2.96. The number of hydrogen-bond acceptors (Lipinski definition) is 5. The van der Waals surface area contributed by atoms with Crippen LogP contribution in [0.4, 0.5) is 4.39 Å². The number of benzene rings is 1. The molecule has 0 aliphatic heterocycles. The Morgan fingerprint density at radius 3 is 2.83 bits per heavy atom. The van der Waals surface area contributed by atoms with Gasteiger partial charge in [0.1, 0.15) is 12.6 Å². The second-order valence-corrected chi connectivity index (χ2v) is 4.77. The molecule has 8 nitrogen and oxygen atoms in total. The third-order valence-corrected chi connectivity index (χ3v) is 2.81. The third-order valence-electron chi connectivity index (χ3n) is 2.81. The maximum absolute atomic E-state index is 13.4. The van der Waals surface area contributed by atoms with Crippen molar-refractivity contribution in [2.45, 2.75) is 19.6 Å². The molecular formula is C14H15FN4O4. The van der Waals surface area contributed by atoms with E-state index in [1.807, 2.05) is 0 Å². The molecule has 23 heavy (non-hydrogen) atoms. The highest BCUT2D eigenvalue weighted by Crippen LogP contribution is 2.16. The van der Waals surface area contributed by atoms with Gasteiger partial charge in [-0.2, -0.15) is 0 Å². The Labute approximate surface area is 130 Å². The normalized spacial score (nSPS) is 11.7. The molecule has 9 heteroatoms. The molecule has 0 saturated carbocycles. The van der Waals surface area contributed by atoms with Crippen molar-refractivity contribution in [2.24, 2.45) is 0 Å². The maximum Gasteiger partial charge on any atom is 0.358 e. The standard InChI is InChI=1S/C14H15FN4O4/c1-9(23-12-5-3-2-4-10(12)15)6-16-13(20)8-19-7-11(14(21)22)17-18-19/h2-5,7,9H,6,8H2,1H3,(H,16,20)(H,21,22). The van der Waals surface area contributed by atoms with Crippen LogP contribution in [-0.2, 0) is 11.3 Å². The van der Waals surface area contributed by atoms with Gasteiger partial charge >= 0.3 is 5.97 Å². The summed E-state index contributed by atoms with van der Waals surface area (Å²) >= 11 is 0. The Bertz CT molecular complexity index is 704. The fourth-order valence-corrected chi connectivity index (χ4v) is 1.73. The summed E-state index contributed by atoms with van der Waals surface area (Å²) in [6.07, 6.45) is 0.711. The number of rotatable bonds is 7. The van der Waals surface area contributed by atoms with Gasteiger partial charge in [-0.3, -0.25) is 4.79 Å². The highest BCUT2D eigenvalue weighted by atomic mass is 19.1. The van der Waals surface area contributed by atoms with E-state index in [9.17, 15) is 14.0 Å². The number of nitrogens with one attached hydrogen (secondary N) is 1. The lowest BCUT2D eigenvalue weighted by Crippen LogP contribution is -2.35. The summed E-state index contributed by atoms with van der Waals surface area (Å²) in [4.78, 5) is 22.4. The first kappa shape index (κ1) is 16.4. The maximum atomic E-state index is 13.4. The van der Waals surface area contributed by atoms with Gasteiger partial charge in [0.05, 0.1) is 12.7 Å². The van der Waals surface area contributed by atoms with E-state index < -0.39 is 23.8 Å². The molecule has 1 atom stereocenters. The van der Waals surface area contributed by atoms with Crippen LogP contribution in [0.1, 0.15) is 17.4 Å². The lowest BCUT2D eigenvalue weighted by atomic mass is 10.3. The average molecular weight is 322 g/mol. The van der Waals surface area contributed by atoms with Crippen molar-refractivity contribution < 1.29 is 23.8 Å². The van der Waals surface area contributed by atoms with Gasteiger partial charge < -0.3 is 15.2 Å². The molecule has 2 aromatic rings. The molecule has 0 radical (unpaired) electrons. The van der Waals surface area contributed by atoms with Gasteiger partial charge in [0.15, 0.2) is 17.3 Å². The molecule has 1 amide bonds. The Morgan fingerprint density at radius 2 is 2.17 bits per heavy atom. The van der Waals surface area contributed by atoms with Crippen molar-refractivity contribution in [1.82, 2.24) is 20.3 Å². The van der Waals surface area contributed by atoms with Gasteiger partial charge in [0.2, 0.25) is 5.91 Å². The topological polar surface area (TPSA) is 106 Å². The number of aromatic nitrogens is 3. The summed E-state index contributed by atoms with van der Waals surface area (Å²) in [6.45, 7) is 1.67. The van der Waals surface area contributed by atoms with E-state index in [1.165, 1.54) is 12.1 Å². The zero-order valence-electron chi connectivity index (χ0n) is 12.3. The van der Waals surface area contributed by atoms with Gasteiger partial charge in [0, 0.05) is 0 Å². The summed E-state index contributed by atoms with van der Waals surface area (Å²) in [6, 6.07) is 5.98. The molecule has 0 aliphatic rings. The van der Waals surface area contributed by atoms with Crippen molar-refractivity contribution in [1.29, 1.82) is 0 Å². The molecule has 2 N–H and O–H groups in total. The van der Waals surface area contributed by atoms with Crippen LogP contribution in [0, 0.1) is 5.82 Å². The highest BCUT2D eigenvalue weighted by molar-refractivity contribution is 5.84. The van der Waals surface area contributed by atoms with Crippen LogP contribution in [0.3, 0.4) is 0 Å². The van der Waals surface area contributed by atoms with E-state index in [0.717, 1.165) is 10.9 Å². The number of carbonyl (C=O) groups is 2. The number of carboxylic acids is 1. The highest BCUT2D eigenvalue weighted by Gasteiger charge is 2.12. The van der Waals surface area contributed by atoms with Gasteiger partial charge in [-0.05, 0) is 19.1 Å². The van der Waals surface area contributed by atoms with Crippen molar-refractivity contribution in [2.75, 3.05) is 6.54 Å². The molecular weight excluding hydrogens is 307 g/mol. The van der Waals surface area contributed by atoms with Crippen LogP contribution >= 0.6 is 0 Å². The lowest BCUT2D eigenvalue weighted by molar-refractivity contribution is -0.122. The third kappa shape index (κ3) is 4.77. The summed E-state index contributed by atoms with van der Waals surface area (Å²) < 4.78 is 19.9. The zero-order chi connectivity index (χ0) is 16.8. The van der Waals surface area contributed by atoms with Crippen LogP contribution in [-0.4, -0.2) is 44.6 Å². The van der Waals surface area contributed by atoms with Crippen molar-refractivity contribution in [3.05, 3.63) is 42.0 Å². The first-order chi connectivity index (χ1) is 11.0. The molecule has 0 fully saturated rings. The predicted molar refractivity (Wildman–Crippen MR) is 76.5 cm³/mol. The summed E-state index contributed by atoms with van der Waals surface area (Å²) in [5.74, 6) is -1.98. The van der Waals surface area contributed by atoms with E-state index in [-0.39, 0.29) is 24.5 Å². The van der Waals surface area contributed by atoms with Crippen LogP contribution in [0.25, 0.3) is 0 Å². The molecule has 0 spiro atoms. The van der Waals surface area contributed by atoms with Gasteiger partial charge in [-0.25, -0.2) is 13.9 Å². The SMILES string of the molecule is CC(CNC(=O)Cn1cc(C(=O)O)nn1)Oc1ccccc1F. The van der Waals surface area contributed by atoms with Crippen LogP contribution in [0.5, 0.6) is 5.75 Å². The second kappa shape index (κ2) is 7.34. The minimum absolute atomic E-state index is 0.108. The summed E-state index contributed by atoms with van der Waals surface area (Å²) in [7, 11) is 0. The number of hydrogen-bond donors (Lipinski definition) is 2. The number of para-hydroxylation sites is 1. The number of carboxylic acid groups (broad SMARTS) is 1. The van der Waals surface area contributed by atoms with E-state index in [0.29, 0.717) is 0 Å². The Hall–Kier alpha value is -2.97. The lowest BCUT2D eigenvalue weighted by Gasteiger charge is -2.15. The zero-order valence-corrected chi connectivity index (χ0v) is 12.3. The fraction of sp³-hybridized carbons (Fsp3) is 0.286. The number of halogens is 1. The predicted octanol–water partition coefficient (Wildman–Crippen LogP) is 0.699. The Morgan fingerprint density at radius 1 is 1.43 bits per heavy atom. The quantitative estimate of drug-likeness (QED) is 0.777. The Balaban J connectivity index is 1.79. The smallest absolute Gasteiger partial charge is 0.358 e. The van der Waals surface area contributed by atoms with Gasteiger partial charge in [-0.15, -0.1) is 5.10 Å². The second-order valence-electron chi connectivity index (χ2n) is 4.77. The first-order valence-electron chi connectivity index (χ1n) is 6.77. The van der Waals surface area contributed by atoms with E-state index in [2.05, 4.69) is 15.6 Å². The summed E-state index contributed by atoms with van der Waals surface area (Å²) in [5, 5.41) is 18.2. The van der Waals surface area contributed by atoms with Gasteiger partial charge in [0.25, 0.3) is 0 Å². The van der Waals surface area contributed by atoms with E-state index in [4.69, 9.17) is 9.84 Å². The van der Waals surface area contributed by atoms with Crippen molar-refractivity contribution in [3.63, 3.8) is 0 Å². The number of ether oxygens (including phenoxy) is 1. The minimum atomic E-state index is -1.22. The first-order valence-corrected chi connectivity index (χ1v) is 6.77. The largest absolute Gasteiger partial charge is 0.486 e. The summed E-state index contributed by atoms with van der Waals surface area (Å²) in [5.41, 5.74) is -0.242. The van der Waals surface area contributed by atoms with E-state index >= 15 is 0 Å². The molecule has 1 unspecified atom stereocenters. The van der Waals surface area contributed by atoms with Crippen LogP contribution < -0.4 is 10.1 Å². The molecule has 122 valence electrons. The Kier molecular flexibility index (Phi) is 5.23. The number of amides is 1. The molecule has 2 rings (SSSR count). The van der Waals surface area contributed by atoms with Gasteiger partial charge in [-0.1, -0.05) is 17.3 Å². The number of aromatic carboxylic acids is 1. The number of nitrogens with zero attached hydrogens (tertiary/aromatic N) is 3. The van der Waals surface area contributed by atoms with Crippen molar-refractivity contribution >= 4 is 11.9 Å². The molecule has 0 aliphatic carbocycles. The monoisotopic (exact) mass is 322 g/mol. The van der Waals surface area contributed by atoms with Crippen LogP contribution in [0.15, 0.2) is 30.5 Å². The van der Waals surface area contributed by atoms with Crippen molar-refractivity contribution in [3.8, 4) is 5.75 Å². The minimum Gasteiger partial charge on any atom is -0.486 e. The number of carbonyl (C=O) groups excluding carboxylic acids is 1. The molecule has 1 aromatic heterocycles. The molecule has 0 bridgehead atoms. The fourth-order valence-electron chi connectivity index (χ4n) is 1.73. The van der Waals surface area contributed by atoms with Crippen LogP contribution in [0.2, 0.25) is 0 Å². The molecule has 1 heterocycles.